The van der Waals surface area contributed by atoms with E-state index in [0.717, 1.165) is 10.6 Å². The number of carbonyl (C=O) groups excluding carboxylic acids is 3. The van der Waals surface area contributed by atoms with Gasteiger partial charge in [0.15, 0.2) is 5.76 Å². The Morgan fingerprint density at radius 1 is 1.23 bits per heavy atom. The van der Waals surface area contributed by atoms with Crippen molar-refractivity contribution in [2.75, 3.05) is 11.9 Å². The van der Waals surface area contributed by atoms with Crippen LogP contribution in [0.15, 0.2) is 42.3 Å². The summed E-state index contributed by atoms with van der Waals surface area (Å²) in [5.41, 5.74) is 1.71. The summed E-state index contributed by atoms with van der Waals surface area (Å²) in [5.74, 6) is -0.675. The van der Waals surface area contributed by atoms with Crippen LogP contribution in [0.25, 0.3) is 6.08 Å². The molecule has 1 heterocycles. The minimum atomic E-state index is -0.753. The summed E-state index contributed by atoms with van der Waals surface area (Å²) in [5, 5.41) is 0. The van der Waals surface area contributed by atoms with Crippen LogP contribution in [0.5, 0.6) is 0 Å². The molecule has 0 saturated carbocycles. The van der Waals surface area contributed by atoms with Crippen molar-refractivity contribution < 1.29 is 19.1 Å². The monoisotopic (exact) mass is 300 g/mol. The number of allylic oxidation sites excluding steroid dienone is 1. The zero-order chi connectivity index (χ0) is 16.4. The van der Waals surface area contributed by atoms with Gasteiger partial charge in [0.25, 0.3) is 0 Å². The van der Waals surface area contributed by atoms with Crippen LogP contribution in [0.1, 0.15) is 19.4 Å². The molecule has 2 rings (SSSR count). The van der Waals surface area contributed by atoms with Gasteiger partial charge in [-0.15, -0.1) is 0 Å². The molecule has 1 saturated heterocycles. The Bertz CT molecular complexity index is 689. The van der Waals surface area contributed by atoms with Crippen molar-refractivity contribution in [1.29, 1.82) is 0 Å². The lowest BCUT2D eigenvalue weighted by Crippen LogP contribution is -2.26. The zero-order valence-corrected chi connectivity index (χ0v) is 12.6. The molecule has 0 aliphatic carbocycles. The van der Waals surface area contributed by atoms with E-state index in [1.807, 2.05) is 0 Å². The summed E-state index contributed by atoms with van der Waals surface area (Å²) in [7, 11) is 1.67. The molecule has 114 valence electrons. The fourth-order valence-electron chi connectivity index (χ4n) is 1.92. The molecule has 0 bridgehead atoms. The van der Waals surface area contributed by atoms with Crippen molar-refractivity contribution in [1.82, 2.24) is 4.90 Å². The number of hydrogen-bond donors (Lipinski definition) is 0. The van der Waals surface area contributed by atoms with E-state index in [2.05, 4.69) is 6.58 Å². The minimum Gasteiger partial charge on any atom is -0.404 e. The van der Waals surface area contributed by atoms with Crippen molar-refractivity contribution in [3.05, 3.63) is 47.9 Å². The van der Waals surface area contributed by atoms with Crippen LogP contribution in [0.3, 0.4) is 0 Å². The normalized spacial score (nSPS) is 16.0. The molecule has 1 aromatic rings. The summed E-state index contributed by atoms with van der Waals surface area (Å²) in [6.45, 7) is 6.59. The number of ether oxygens (including phenoxy) is 1. The molecule has 22 heavy (non-hydrogen) atoms. The molecule has 1 aromatic carbocycles. The molecular formula is C16H16N2O4. The average molecular weight is 300 g/mol. The Morgan fingerprint density at radius 2 is 1.82 bits per heavy atom. The highest BCUT2D eigenvalue weighted by Gasteiger charge is 2.36. The lowest BCUT2D eigenvalue weighted by atomic mass is 10.1. The first kappa shape index (κ1) is 15.5. The van der Waals surface area contributed by atoms with Crippen LogP contribution in [0, 0.1) is 0 Å². The van der Waals surface area contributed by atoms with Crippen LogP contribution >= 0.6 is 0 Å². The SMILES string of the molecule is C=C(C)N1C(=O)O/C(=C/c2ccc(N(C)C(C)=O)cc2)C1=O. The topological polar surface area (TPSA) is 66.9 Å². The Hall–Kier alpha value is -2.89. The van der Waals surface area contributed by atoms with E-state index >= 15 is 0 Å². The maximum Gasteiger partial charge on any atom is 0.426 e. The lowest BCUT2D eigenvalue weighted by Gasteiger charge is -2.14. The van der Waals surface area contributed by atoms with Gasteiger partial charge in [-0.2, -0.15) is 0 Å². The molecular weight excluding hydrogens is 284 g/mol. The van der Waals surface area contributed by atoms with Gasteiger partial charge in [0.05, 0.1) is 0 Å². The molecule has 0 spiro atoms. The molecule has 1 aliphatic heterocycles. The number of imide groups is 1. The van der Waals surface area contributed by atoms with Crippen molar-refractivity contribution in [2.45, 2.75) is 13.8 Å². The van der Waals surface area contributed by atoms with Gasteiger partial charge in [0, 0.05) is 25.4 Å². The third-order valence-electron chi connectivity index (χ3n) is 3.23. The number of benzene rings is 1. The van der Waals surface area contributed by atoms with E-state index in [9.17, 15) is 14.4 Å². The Kier molecular flexibility index (Phi) is 4.12. The van der Waals surface area contributed by atoms with Gasteiger partial charge < -0.3 is 9.64 Å². The molecule has 0 unspecified atom stereocenters. The van der Waals surface area contributed by atoms with Gasteiger partial charge in [-0.25, -0.2) is 9.69 Å². The van der Waals surface area contributed by atoms with E-state index in [-0.39, 0.29) is 11.7 Å². The van der Waals surface area contributed by atoms with Gasteiger partial charge in [-0.05, 0) is 30.7 Å². The Morgan fingerprint density at radius 3 is 2.27 bits per heavy atom. The average Bonchev–Trinajstić information content (AvgIpc) is 2.73. The second-order valence-corrected chi connectivity index (χ2v) is 4.92. The number of hydrogen-bond acceptors (Lipinski definition) is 4. The minimum absolute atomic E-state index is 0.0549. The predicted molar refractivity (Wildman–Crippen MR) is 81.6 cm³/mol. The first-order chi connectivity index (χ1) is 10.3. The number of nitrogens with zero attached hydrogens (tertiary/aromatic N) is 2. The standard InChI is InChI=1S/C16H16N2O4/c1-10(2)18-15(20)14(22-16(18)21)9-12-5-7-13(8-6-12)17(4)11(3)19/h5-9H,1H2,2-4H3/b14-9+. The summed E-state index contributed by atoms with van der Waals surface area (Å²) in [6, 6.07) is 6.94. The third kappa shape index (κ3) is 2.90. The number of rotatable bonds is 3. The quantitative estimate of drug-likeness (QED) is 0.804. The summed E-state index contributed by atoms with van der Waals surface area (Å²) in [4.78, 5) is 37.3. The van der Waals surface area contributed by atoms with E-state index in [1.165, 1.54) is 17.9 Å². The van der Waals surface area contributed by atoms with Crippen LogP contribution in [0.2, 0.25) is 0 Å². The number of cyclic esters (lactones) is 1. The summed E-state index contributed by atoms with van der Waals surface area (Å²) >= 11 is 0. The molecule has 6 heteroatoms. The smallest absolute Gasteiger partial charge is 0.404 e. The summed E-state index contributed by atoms with van der Waals surface area (Å²) in [6.07, 6.45) is 0.720. The number of amides is 3. The Labute approximate surface area is 128 Å². The van der Waals surface area contributed by atoms with Crippen LogP contribution in [0.4, 0.5) is 10.5 Å². The van der Waals surface area contributed by atoms with Gasteiger partial charge in [0.1, 0.15) is 0 Å². The molecule has 1 fully saturated rings. The summed E-state index contributed by atoms with van der Waals surface area (Å²) < 4.78 is 4.94. The van der Waals surface area contributed by atoms with Crippen molar-refractivity contribution in [2.24, 2.45) is 0 Å². The van der Waals surface area contributed by atoms with E-state index in [4.69, 9.17) is 4.74 Å². The molecule has 3 amide bonds. The fraction of sp³-hybridized carbons (Fsp3) is 0.188. The van der Waals surface area contributed by atoms with Gasteiger partial charge in [-0.1, -0.05) is 18.7 Å². The fourth-order valence-corrected chi connectivity index (χ4v) is 1.92. The molecule has 0 N–H and O–H groups in total. The second-order valence-electron chi connectivity index (χ2n) is 4.92. The van der Waals surface area contributed by atoms with Crippen LogP contribution < -0.4 is 4.90 Å². The highest BCUT2D eigenvalue weighted by atomic mass is 16.6. The second kappa shape index (κ2) is 5.85. The largest absolute Gasteiger partial charge is 0.426 e. The number of carbonyl (C=O) groups is 3. The molecule has 0 aromatic heterocycles. The first-order valence-corrected chi connectivity index (χ1v) is 6.59. The van der Waals surface area contributed by atoms with E-state index < -0.39 is 12.0 Å². The van der Waals surface area contributed by atoms with Gasteiger partial charge >= 0.3 is 12.0 Å². The number of anilines is 1. The van der Waals surface area contributed by atoms with E-state index in [0.29, 0.717) is 11.3 Å². The van der Waals surface area contributed by atoms with Crippen molar-refractivity contribution in [3.8, 4) is 0 Å². The maximum absolute atomic E-state index is 12.0. The molecule has 6 nitrogen and oxygen atoms in total. The van der Waals surface area contributed by atoms with Gasteiger partial charge in [0.2, 0.25) is 5.91 Å². The third-order valence-corrected chi connectivity index (χ3v) is 3.23. The van der Waals surface area contributed by atoms with Crippen LogP contribution in [-0.4, -0.2) is 29.9 Å². The predicted octanol–water partition coefficient (Wildman–Crippen LogP) is 2.52. The van der Waals surface area contributed by atoms with Gasteiger partial charge in [-0.3, -0.25) is 9.59 Å². The maximum atomic E-state index is 12.0. The highest BCUT2D eigenvalue weighted by Crippen LogP contribution is 2.23. The highest BCUT2D eigenvalue weighted by molar-refractivity contribution is 6.11. The molecule has 1 aliphatic rings. The van der Waals surface area contributed by atoms with Crippen molar-refractivity contribution >= 4 is 29.7 Å². The van der Waals surface area contributed by atoms with Crippen molar-refractivity contribution in [3.63, 3.8) is 0 Å². The van der Waals surface area contributed by atoms with Crippen LogP contribution in [-0.2, 0) is 14.3 Å². The Balaban J connectivity index is 2.24. The molecule has 0 radical (unpaired) electrons. The van der Waals surface area contributed by atoms with E-state index in [1.54, 1.807) is 38.2 Å². The lowest BCUT2D eigenvalue weighted by molar-refractivity contribution is -0.122. The molecule has 0 atom stereocenters. The zero-order valence-electron chi connectivity index (χ0n) is 12.6. The first-order valence-electron chi connectivity index (χ1n) is 6.59.